The van der Waals surface area contributed by atoms with Crippen LogP contribution in [0.1, 0.15) is 33.4 Å². The SMILES string of the molecule is Cc1ccc(Cn2nc(C)c3cc(C(=O)OC(C)C(N)=O)sc32)cc1. The van der Waals surface area contributed by atoms with E-state index >= 15 is 0 Å². The minimum atomic E-state index is -0.956. The highest BCUT2D eigenvalue weighted by Gasteiger charge is 2.21. The molecule has 0 spiro atoms. The number of amides is 1. The van der Waals surface area contributed by atoms with Crippen molar-refractivity contribution in [3.05, 3.63) is 52.0 Å². The molecule has 0 saturated heterocycles. The van der Waals surface area contributed by atoms with Gasteiger partial charge < -0.3 is 10.5 Å². The van der Waals surface area contributed by atoms with E-state index in [1.165, 1.54) is 23.8 Å². The monoisotopic (exact) mass is 357 g/mol. The lowest BCUT2D eigenvalue weighted by atomic mass is 10.1. The Labute approximate surface area is 149 Å². The Bertz CT molecular complexity index is 941. The van der Waals surface area contributed by atoms with E-state index in [-0.39, 0.29) is 0 Å². The van der Waals surface area contributed by atoms with Gasteiger partial charge in [-0.1, -0.05) is 29.8 Å². The van der Waals surface area contributed by atoms with Crippen LogP contribution < -0.4 is 5.73 Å². The number of ether oxygens (including phenoxy) is 1. The summed E-state index contributed by atoms with van der Waals surface area (Å²) in [6.07, 6.45) is -0.956. The molecule has 0 radical (unpaired) electrons. The second-order valence-corrected chi connectivity index (χ2v) is 7.04. The van der Waals surface area contributed by atoms with E-state index in [0.717, 1.165) is 21.5 Å². The molecule has 7 heteroatoms. The normalized spacial score (nSPS) is 12.3. The van der Waals surface area contributed by atoms with Crippen molar-refractivity contribution in [3.8, 4) is 0 Å². The van der Waals surface area contributed by atoms with E-state index in [0.29, 0.717) is 11.4 Å². The molecule has 0 aliphatic rings. The zero-order valence-corrected chi connectivity index (χ0v) is 15.1. The molecular weight excluding hydrogens is 338 g/mol. The van der Waals surface area contributed by atoms with Crippen molar-refractivity contribution in [1.29, 1.82) is 0 Å². The number of aryl methyl sites for hydroxylation is 2. The van der Waals surface area contributed by atoms with Crippen molar-refractivity contribution >= 4 is 33.4 Å². The maximum absolute atomic E-state index is 12.2. The van der Waals surface area contributed by atoms with Crippen molar-refractivity contribution in [1.82, 2.24) is 9.78 Å². The van der Waals surface area contributed by atoms with Gasteiger partial charge in [-0.05, 0) is 32.4 Å². The maximum Gasteiger partial charge on any atom is 0.349 e. The number of carbonyl (C=O) groups is 2. The molecule has 6 nitrogen and oxygen atoms in total. The Hall–Kier alpha value is -2.67. The fourth-order valence-corrected chi connectivity index (χ4v) is 3.51. The van der Waals surface area contributed by atoms with Gasteiger partial charge >= 0.3 is 5.97 Å². The minimum absolute atomic E-state index is 0.432. The largest absolute Gasteiger partial charge is 0.448 e. The number of fused-ring (bicyclic) bond motifs is 1. The first-order chi connectivity index (χ1) is 11.8. The Morgan fingerprint density at radius 3 is 2.60 bits per heavy atom. The lowest BCUT2D eigenvalue weighted by Gasteiger charge is -2.07. The molecule has 3 aromatic rings. The molecule has 0 saturated carbocycles. The molecule has 2 heterocycles. The summed E-state index contributed by atoms with van der Waals surface area (Å²) in [4.78, 5) is 24.6. The smallest absolute Gasteiger partial charge is 0.349 e. The van der Waals surface area contributed by atoms with Gasteiger partial charge in [0.15, 0.2) is 6.10 Å². The van der Waals surface area contributed by atoms with Gasteiger partial charge in [0.2, 0.25) is 0 Å². The molecular formula is C18H19N3O3S. The number of esters is 1. The first kappa shape index (κ1) is 17.2. The summed E-state index contributed by atoms with van der Waals surface area (Å²) >= 11 is 1.30. The second kappa shape index (κ2) is 6.68. The number of aromatic nitrogens is 2. The number of benzene rings is 1. The topological polar surface area (TPSA) is 87.2 Å². The third-order valence-corrected chi connectivity index (χ3v) is 5.07. The average molecular weight is 357 g/mol. The summed E-state index contributed by atoms with van der Waals surface area (Å²) in [5, 5.41) is 5.47. The zero-order valence-electron chi connectivity index (χ0n) is 14.3. The third-order valence-electron chi connectivity index (χ3n) is 3.95. The molecule has 1 unspecified atom stereocenters. The van der Waals surface area contributed by atoms with E-state index in [1.807, 2.05) is 18.5 Å². The predicted octanol–water partition coefficient (Wildman–Crippen LogP) is 2.79. The van der Waals surface area contributed by atoms with Gasteiger partial charge in [-0.25, -0.2) is 4.79 Å². The van der Waals surface area contributed by atoms with Crippen molar-refractivity contribution in [3.63, 3.8) is 0 Å². The zero-order chi connectivity index (χ0) is 18.1. The number of hydrogen-bond acceptors (Lipinski definition) is 5. The van der Waals surface area contributed by atoms with Crippen LogP contribution in [0.4, 0.5) is 0 Å². The summed E-state index contributed by atoms with van der Waals surface area (Å²) in [7, 11) is 0. The van der Waals surface area contributed by atoms with Gasteiger partial charge in [0.05, 0.1) is 12.2 Å². The van der Waals surface area contributed by atoms with Crippen LogP contribution in [0.5, 0.6) is 0 Å². The summed E-state index contributed by atoms with van der Waals surface area (Å²) in [6, 6.07) is 10.0. The molecule has 1 atom stereocenters. The maximum atomic E-state index is 12.2. The molecule has 0 bridgehead atoms. The third kappa shape index (κ3) is 3.56. The van der Waals surface area contributed by atoms with E-state index in [2.05, 4.69) is 29.4 Å². The molecule has 0 aliphatic carbocycles. The van der Waals surface area contributed by atoms with Gasteiger partial charge in [0.1, 0.15) is 9.71 Å². The molecule has 130 valence electrons. The molecule has 3 rings (SSSR count). The van der Waals surface area contributed by atoms with E-state index < -0.39 is 18.0 Å². The molecule has 2 N–H and O–H groups in total. The summed E-state index contributed by atoms with van der Waals surface area (Å²) in [5.74, 6) is -1.22. The molecule has 0 aliphatic heterocycles. The van der Waals surface area contributed by atoms with Crippen molar-refractivity contribution < 1.29 is 14.3 Å². The highest BCUT2D eigenvalue weighted by molar-refractivity contribution is 7.20. The van der Waals surface area contributed by atoms with Crippen LogP contribution in [0.25, 0.3) is 10.2 Å². The van der Waals surface area contributed by atoms with Crippen molar-refractivity contribution in [2.45, 2.75) is 33.4 Å². The van der Waals surface area contributed by atoms with Crippen LogP contribution in [0, 0.1) is 13.8 Å². The highest BCUT2D eigenvalue weighted by Crippen LogP contribution is 2.29. The first-order valence-electron chi connectivity index (χ1n) is 7.88. The van der Waals surface area contributed by atoms with Crippen LogP contribution >= 0.6 is 11.3 Å². The van der Waals surface area contributed by atoms with Crippen molar-refractivity contribution in [2.24, 2.45) is 5.73 Å². The number of rotatable bonds is 5. The number of hydrogen-bond donors (Lipinski definition) is 1. The van der Waals surface area contributed by atoms with Crippen LogP contribution in [0.2, 0.25) is 0 Å². The van der Waals surface area contributed by atoms with E-state index in [1.54, 1.807) is 6.07 Å². The highest BCUT2D eigenvalue weighted by atomic mass is 32.1. The Kier molecular flexibility index (Phi) is 4.59. The van der Waals surface area contributed by atoms with Gasteiger partial charge in [-0.2, -0.15) is 5.10 Å². The van der Waals surface area contributed by atoms with Crippen LogP contribution in [0.3, 0.4) is 0 Å². The number of primary amides is 1. The summed E-state index contributed by atoms with van der Waals surface area (Å²) < 4.78 is 6.96. The Morgan fingerprint density at radius 1 is 1.28 bits per heavy atom. The minimum Gasteiger partial charge on any atom is -0.448 e. The lowest BCUT2D eigenvalue weighted by molar-refractivity contribution is -0.125. The summed E-state index contributed by atoms with van der Waals surface area (Å²) in [5.41, 5.74) is 8.32. The lowest BCUT2D eigenvalue weighted by Crippen LogP contribution is -2.30. The number of thiophene rings is 1. The second-order valence-electron chi connectivity index (χ2n) is 6.01. The van der Waals surface area contributed by atoms with Crippen molar-refractivity contribution in [2.75, 3.05) is 0 Å². The Balaban J connectivity index is 1.89. The molecule has 1 amide bonds. The number of carbonyl (C=O) groups excluding carboxylic acids is 2. The summed E-state index contributed by atoms with van der Waals surface area (Å²) in [6.45, 7) is 6.03. The molecule has 25 heavy (non-hydrogen) atoms. The predicted molar refractivity (Wildman–Crippen MR) is 96.7 cm³/mol. The quantitative estimate of drug-likeness (QED) is 0.711. The fourth-order valence-electron chi connectivity index (χ4n) is 2.46. The van der Waals surface area contributed by atoms with E-state index in [4.69, 9.17) is 10.5 Å². The number of nitrogens with two attached hydrogens (primary N) is 1. The van der Waals surface area contributed by atoms with Crippen LogP contribution in [-0.4, -0.2) is 27.8 Å². The molecule has 1 aromatic carbocycles. The molecule has 2 aromatic heterocycles. The molecule has 0 fully saturated rings. The van der Waals surface area contributed by atoms with Crippen LogP contribution in [0.15, 0.2) is 30.3 Å². The Morgan fingerprint density at radius 2 is 1.96 bits per heavy atom. The average Bonchev–Trinajstić information content (AvgIpc) is 3.11. The van der Waals surface area contributed by atoms with Gasteiger partial charge in [0.25, 0.3) is 5.91 Å². The van der Waals surface area contributed by atoms with Gasteiger partial charge in [-0.15, -0.1) is 11.3 Å². The standard InChI is InChI=1S/C18H19N3O3S/c1-10-4-6-13(7-5-10)9-21-17-14(11(2)20-21)8-15(25-17)18(23)24-12(3)16(19)22/h4-8,12H,9H2,1-3H3,(H2,19,22). The van der Waals surface area contributed by atoms with Gasteiger partial charge in [-0.3, -0.25) is 9.48 Å². The van der Waals surface area contributed by atoms with Crippen LogP contribution in [-0.2, 0) is 16.1 Å². The van der Waals surface area contributed by atoms with E-state index in [9.17, 15) is 9.59 Å². The number of nitrogens with zero attached hydrogens (tertiary/aromatic N) is 2. The fraction of sp³-hybridized carbons (Fsp3) is 0.278. The van der Waals surface area contributed by atoms with Gasteiger partial charge in [0, 0.05) is 5.39 Å². The first-order valence-corrected chi connectivity index (χ1v) is 8.69.